The highest BCUT2D eigenvalue weighted by molar-refractivity contribution is 6.05. The van der Waals surface area contributed by atoms with Crippen LogP contribution in [-0.4, -0.2) is 10.9 Å². The van der Waals surface area contributed by atoms with Gasteiger partial charge in [-0.1, -0.05) is 18.2 Å². The second-order valence-corrected chi connectivity index (χ2v) is 4.61. The van der Waals surface area contributed by atoms with Crippen LogP contribution in [0.3, 0.4) is 0 Å². The summed E-state index contributed by atoms with van der Waals surface area (Å²) in [5, 5.41) is 3.10. The Kier molecular flexibility index (Phi) is 3.16. The topological polar surface area (TPSA) is 85.8 Å². The fraction of sp³-hybridized carbons (Fsp3) is 0. The van der Waals surface area contributed by atoms with Gasteiger partial charge in [0.15, 0.2) is 0 Å². The van der Waals surface area contributed by atoms with E-state index in [1.807, 2.05) is 6.07 Å². The molecule has 0 atom stereocenters. The van der Waals surface area contributed by atoms with E-state index in [0.29, 0.717) is 22.3 Å². The Bertz CT molecular complexity index is 884. The smallest absolute Gasteiger partial charge is 0.261 e. The lowest BCUT2D eigenvalue weighted by molar-refractivity contribution is 0.102. The van der Waals surface area contributed by atoms with Gasteiger partial charge in [-0.25, -0.2) is 0 Å². The minimum atomic E-state index is -0.493. The number of aromatic amines is 1. The van der Waals surface area contributed by atoms with E-state index in [9.17, 15) is 9.59 Å². The zero-order chi connectivity index (χ0) is 14.8. The molecule has 5 nitrogen and oxygen atoms in total. The van der Waals surface area contributed by atoms with Gasteiger partial charge in [-0.2, -0.15) is 0 Å². The zero-order valence-electron chi connectivity index (χ0n) is 11.0. The SMILES string of the molecule is [NH]c1cccc(NC(=O)c2c[nH]c3ccccc3c2=O)c1. The molecule has 1 amide bonds. The summed E-state index contributed by atoms with van der Waals surface area (Å²) in [6, 6.07) is 13.5. The molecular weight excluding hydrogens is 266 g/mol. The summed E-state index contributed by atoms with van der Waals surface area (Å²) < 4.78 is 0. The standard InChI is InChI=1S/C16H12N3O2/c17-10-4-3-5-11(8-10)19-16(21)13-9-18-14-7-2-1-6-12(14)15(13)20/h1-9,17H,(H,18,20)(H,19,21). The van der Waals surface area contributed by atoms with Crippen LogP contribution in [0.1, 0.15) is 10.4 Å². The highest BCUT2D eigenvalue weighted by atomic mass is 16.2. The van der Waals surface area contributed by atoms with Crippen molar-refractivity contribution in [1.82, 2.24) is 10.7 Å². The van der Waals surface area contributed by atoms with Crippen molar-refractivity contribution >= 4 is 28.2 Å². The zero-order valence-corrected chi connectivity index (χ0v) is 11.0. The Balaban J connectivity index is 1.99. The van der Waals surface area contributed by atoms with Crippen molar-refractivity contribution in [3.05, 3.63) is 70.5 Å². The van der Waals surface area contributed by atoms with Crippen LogP contribution in [0.2, 0.25) is 0 Å². The molecule has 1 radical (unpaired) electrons. The number of hydrogen-bond acceptors (Lipinski definition) is 2. The number of carbonyl (C=O) groups is 1. The van der Waals surface area contributed by atoms with Gasteiger partial charge in [-0.15, -0.1) is 0 Å². The first-order chi connectivity index (χ1) is 10.1. The highest BCUT2D eigenvalue weighted by Gasteiger charge is 2.13. The Morgan fingerprint density at radius 2 is 1.90 bits per heavy atom. The molecule has 0 fully saturated rings. The minimum Gasteiger partial charge on any atom is -0.360 e. The number of pyridine rings is 1. The fourth-order valence-electron chi connectivity index (χ4n) is 2.13. The van der Waals surface area contributed by atoms with Crippen LogP contribution in [0.25, 0.3) is 10.9 Å². The predicted molar refractivity (Wildman–Crippen MR) is 81.7 cm³/mol. The predicted octanol–water partition coefficient (Wildman–Crippen LogP) is 2.69. The summed E-state index contributed by atoms with van der Waals surface area (Å²) in [4.78, 5) is 27.4. The maximum Gasteiger partial charge on any atom is 0.261 e. The third-order valence-corrected chi connectivity index (χ3v) is 3.15. The third kappa shape index (κ3) is 2.49. The van der Waals surface area contributed by atoms with Gasteiger partial charge < -0.3 is 16.0 Å². The van der Waals surface area contributed by atoms with Crippen LogP contribution in [-0.2, 0) is 0 Å². The largest absolute Gasteiger partial charge is 0.360 e. The van der Waals surface area contributed by atoms with E-state index < -0.39 is 5.91 Å². The number of hydrogen-bond donors (Lipinski definition) is 2. The van der Waals surface area contributed by atoms with Gasteiger partial charge in [0, 0.05) is 22.8 Å². The number of fused-ring (bicyclic) bond motifs is 1. The van der Waals surface area contributed by atoms with Gasteiger partial charge in [0.2, 0.25) is 5.43 Å². The number of amides is 1. The Morgan fingerprint density at radius 3 is 2.71 bits per heavy atom. The van der Waals surface area contributed by atoms with Gasteiger partial charge in [0.25, 0.3) is 5.91 Å². The molecule has 3 N–H and O–H groups in total. The monoisotopic (exact) mass is 278 g/mol. The van der Waals surface area contributed by atoms with Crippen molar-refractivity contribution in [3.63, 3.8) is 0 Å². The van der Waals surface area contributed by atoms with Crippen molar-refractivity contribution in [2.45, 2.75) is 0 Å². The number of anilines is 1. The van der Waals surface area contributed by atoms with Crippen LogP contribution in [0.15, 0.2) is 59.5 Å². The average Bonchev–Trinajstić information content (AvgIpc) is 2.48. The Hall–Kier alpha value is -3.08. The van der Waals surface area contributed by atoms with Gasteiger partial charge in [-0.05, 0) is 30.3 Å². The third-order valence-electron chi connectivity index (χ3n) is 3.15. The molecule has 103 valence electrons. The number of H-pyrrole nitrogens is 1. The highest BCUT2D eigenvalue weighted by Crippen LogP contribution is 2.14. The second-order valence-electron chi connectivity index (χ2n) is 4.61. The summed E-state index contributed by atoms with van der Waals surface area (Å²) in [6.45, 7) is 0. The lowest BCUT2D eigenvalue weighted by Gasteiger charge is -2.06. The average molecular weight is 278 g/mol. The molecule has 2 aromatic carbocycles. The summed E-state index contributed by atoms with van der Waals surface area (Å²) in [5.74, 6) is -0.493. The molecular formula is C16H12N3O2. The molecule has 1 heterocycles. The van der Waals surface area contributed by atoms with Crippen molar-refractivity contribution < 1.29 is 4.79 Å². The number of benzene rings is 2. The molecule has 1 aromatic heterocycles. The van der Waals surface area contributed by atoms with E-state index in [2.05, 4.69) is 10.3 Å². The quantitative estimate of drug-likeness (QED) is 0.755. The Labute approximate surface area is 120 Å². The van der Waals surface area contributed by atoms with Crippen LogP contribution >= 0.6 is 0 Å². The number of para-hydroxylation sites is 1. The molecule has 0 aliphatic carbocycles. The van der Waals surface area contributed by atoms with Crippen LogP contribution in [0.4, 0.5) is 11.4 Å². The van der Waals surface area contributed by atoms with Gasteiger partial charge in [0.1, 0.15) is 5.56 Å². The summed E-state index contributed by atoms with van der Waals surface area (Å²) in [7, 11) is 0. The van der Waals surface area contributed by atoms with E-state index >= 15 is 0 Å². The van der Waals surface area contributed by atoms with E-state index in [1.165, 1.54) is 12.3 Å². The van der Waals surface area contributed by atoms with Crippen LogP contribution in [0.5, 0.6) is 0 Å². The first-order valence-electron chi connectivity index (χ1n) is 6.38. The maximum absolute atomic E-state index is 12.3. The summed E-state index contributed by atoms with van der Waals surface area (Å²) >= 11 is 0. The van der Waals surface area contributed by atoms with E-state index in [1.54, 1.807) is 36.4 Å². The van der Waals surface area contributed by atoms with E-state index in [-0.39, 0.29) is 11.0 Å². The van der Waals surface area contributed by atoms with E-state index in [4.69, 9.17) is 5.73 Å². The molecule has 0 spiro atoms. The van der Waals surface area contributed by atoms with Gasteiger partial charge in [0.05, 0.1) is 5.69 Å². The lowest BCUT2D eigenvalue weighted by atomic mass is 10.1. The first-order valence-corrected chi connectivity index (χ1v) is 6.38. The van der Waals surface area contributed by atoms with Crippen molar-refractivity contribution in [2.24, 2.45) is 0 Å². The molecule has 0 bridgehead atoms. The molecule has 3 rings (SSSR count). The molecule has 0 aliphatic heterocycles. The van der Waals surface area contributed by atoms with Crippen LogP contribution in [0, 0.1) is 0 Å². The molecule has 5 heteroatoms. The minimum absolute atomic E-state index is 0.0454. The summed E-state index contributed by atoms with van der Waals surface area (Å²) in [5.41, 5.74) is 8.71. The number of rotatable bonds is 2. The lowest BCUT2D eigenvalue weighted by Crippen LogP contribution is -2.21. The number of aromatic nitrogens is 1. The Morgan fingerprint density at radius 1 is 1.10 bits per heavy atom. The second kappa shape index (κ2) is 5.13. The van der Waals surface area contributed by atoms with Gasteiger partial charge >= 0.3 is 0 Å². The van der Waals surface area contributed by atoms with Crippen molar-refractivity contribution in [2.75, 3.05) is 5.32 Å². The van der Waals surface area contributed by atoms with Crippen LogP contribution < -0.4 is 16.5 Å². The molecule has 21 heavy (non-hydrogen) atoms. The van der Waals surface area contributed by atoms with E-state index in [0.717, 1.165) is 0 Å². The van der Waals surface area contributed by atoms with Gasteiger partial charge in [-0.3, -0.25) is 9.59 Å². The normalized spacial score (nSPS) is 10.5. The molecule has 0 saturated carbocycles. The number of nitrogens with one attached hydrogen (secondary N) is 3. The molecule has 0 unspecified atom stereocenters. The molecule has 0 saturated heterocycles. The number of carbonyl (C=O) groups excluding carboxylic acids is 1. The molecule has 0 aliphatic rings. The summed E-state index contributed by atoms with van der Waals surface area (Å²) in [6.07, 6.45) is 1.41. The fourth-order valence-corrected chi connectivity index (χ4v) is 2.13. The van der Waals surface area contributed by atoms with Crippen molar-refractivity contribution in [3.8, 4) is 0 Å². The first kappa shape index (κ1) is 12.9. The maximum atomic E-state index is 12.3. The molecule has 3 aromatic rings. The van der Waals surface area contributed by atoms with Crippen molar-refractivity contribution in [1.29, 1.82) is 0 Å².